The molecule has 50 heavy (non-hydrogen) atoms. The molecule has 0 aliphatic carbocycles. The molecule has 0 radical (unpaired) electrons. The van der Waals surface area contributed by atoms with Crippen LogP contribution in [0.15, 0.2) is 0 Å². The average molecular weight is 716 g/mol. The molecular formula is C43H79BF5N. The summed E-state index contributed by atoms with van der Waals surface area (Å²) in [5, 5.41) is 0. The van der Waals surface area contributed by atoms with Gasteiger partial charge in [0.15, 0.2) is 0 Å². The Labute approximate surface area is 306 Å². The summed E-state index contributed by atoms with van der Waals surface area (Å²) in [7, 11) is 0. The predicted octanol–water partition coefficient (Wildman–Crippen LogP) is 15.0. The van der Waals surface area contributed by atoms with Gasteiger partial charge in [-0.3, -0.25) is 4.90 Å². The van der Waals surface area contributed by atoms with Gasteiger partial charge in [0.2, 0.25) is 34.8 Å². The third-order valence-corrected chi connectivity index (χ3v) is 11.7. The van der Waals surface area contributed by atoms with E-state index in [1.165, 1.54) is 154 Å². The lowest BCUT2D eigenvalue weighted by atomic mass is 9.17. The molecule has 0 bridgehead atoms. The highest BCUT2D eigenvalue weighted by Gasteiger charge is 2.33. The third-order valence-electron chi connectivity index (χ3n) is 11.7. The van der Waals surface area contributed by atoms with E-state index in [0.717, 1.165) is 19.3 Å². The Morgan fingerprint density at radius 3 is 0.920 bits per heavy atom. The summed E-state index contributed by atoms with van der Waals surface area (Å²) >= 11 is 0. The van der Waals surface area contributed by atoms with Gasteiger partial charge in [-0.2, -0.15) is 34.1 Å². The molecule has 0 amide bonds. The molecule has 1 fully saturated rings. The van der Waals surface area contributed by atoms with E-state index in [1.807, 2.05) is 0 Å². The molecule has 0 unspecified atom stereocenters. The van der Waals surface area contributed by atoms with Crippen molar-refractivity contribution in [3.05, 3.63) is 29.1 Å². The van der Waals surface area contributed by atoms with Gasteiger partial charge in [0.1, 0.15) is 0 Å². The molecule has 0 spiro atoms. The zero-order valence-electron chi connectivity index (χ0n) is 33.3. The van der Waals surface area contributed by atoms with Crippen molar-refractivity contribution in [3.63, 3.8) is 0 Å². The van der Waals surface area contributed by atoms with Crippen LogP contribution in [0.1, 0.15) is 201 Å². The number of quaternary nitrogens is 1. The number of nitrogens with one attached hydrogen (secondary N) is 1. The number of hydrogen-bond donors (Lipinski definition) is 1. The molecule has 2 rings (SSSR count). The molecule has 1 heterocycles. The Balaban J connectivity index is 0.000000607. The second-order valence-corrected chi connectivity index (χ2v) is 16.1. The van der Waals surface area contributed by atoms with Crippen molar-refractivity contribution in [3.8, 4) is 0 Å². The third kappa shape index (κ3) is 19.7. The minimum Gasteiger partial charge on any atom is -0.297 e. The lowest BCUT2D eigenvalue weighted by Gasteiger charge is -2.41. The Hall–Kier alpha value is -1.11. The summed E-state index contributed by atoms with van der Waals surface area (Å²) in [6.07, 6.45) is 44.0. The van der Waals surface area contributed by atoms with Crippen LogP contribution in [0.3, 0.4) is 0 Å². The van der Waals surface area contributed by atoms with Gasteiger partial charge < -0.3 is 0 Å². The number of halogens is 5. The standard InChI is InChI=1S/C32H68B.C11H10F5N/c1-5-9-13-17-21-25-29-33(30-26-22-18-14-10-6-2,31-27-23-19-15-11-7-3)32-28-24-20-16-12-8-4;12-6-7(13)9(15)11(10(16)8(6)14)17-4-2-1-3-5-17/h5-32H2,1-4H3;1-5H2/q-1;/p+1. The number of unbranched alkanes of at least 4 members (excludes halogenated alkanes) is 20. The number of piperidine rings is 1. The highest BCUT2D eigenvalue weighted by molar-refractivity contribution is 6.79. The zero-order valence-corrected chi connectivity index (χ0v) is 33.3. The summed E-state index contributed by atoms with van der Waals surface area (Å²) in [4.78, 5) is 0.323. The number of benzene rings is 1. The van der Waals surface area contributed by atoms with Gasteiger partial charge in [-0.25, -0.2) is 13.2 Å². The van der Waals surface area contributed by atoms with E-state index in [1.54, 1.807) is 25.3 Å². The average Bonchev–Trinajstić information content (AvgIpc) is 3.13. The van der Waals surface area contributed by atoms with Gasteiger partial charge in [-0.1, -0.05) is 182 Å². The van der Waals surface area contributed by atoms with E-state index in [9.17, 15) is 22.0 Å². The normalized spacial score (nSPS) is 13.9. The van der Waals surface area contributed by atoms with E-state index < -0.39 is 34.8 Å². The van der Waals surface area contributed by atoms with Crippen LogP contribution in [-0.2, 0) is 0 Å². The van der Waals surface area contributed by atoms with Crippen molar-refractivity contribution in [1.29, 1.82) is 0 Å². The summed E-state index contributed by atoms with van der Waals surface area (Å²) in [6.45, 7) is 10.1. The minimum absolute atomic E-state index is 0.104. The van der Waals surface area contributed by atoms with Gasteiger partial charge in [-0.15, -0.1) is 0 Å². The van der Waals surface area contributed by atoms with Gasteiger partial charge in [0.05, 0.1) is 13.1 Å². The van der Waals surface area contributed by atoms with Crippen LogP contribution in [0.5, 0.6) is 0 Å². The van der Waals surface area contributed by atoms with E-state index in [2.05, 4.69) is 27.7 Å². The van der Waals surface area contributed by atoms with Crippen LogP contribution in [0, 0.1) is 29.1 Å². The fraction of sp³-hybridized carbons (Fsp3) is 0.860. The summed E-state index contributed by atoms with van der Waals surface area (Å²) in [6, 6.07) is 0. The number of rotatable bonds is 29. The molecule has 0 aromatic heterocycles. The van der Waals surface area contributed by atoms with Crippen molar-refractivity contribution in [1.82, 2.24) is 0 Å². The molecule has 294 valence electrons. The first kappa shape index (κ1) is 46.9. The van der Waals surface area contributed by atoms with Gasteiger partial charge in [0.25, 0.3) is 0 Å². The predicted molar refractivity (Wildman–Crippen MR) is 209 cm³/mol. The van der Waals surface area contributed by atoms with Crippen LogP contribution in [-0.4, -0.2) is 19.2 Å². The smallest absolute Gasteiger partial charge is 0.225 e. The largest absolute Gasteiger partial charge is 0.297 e. The monoisotopic (exact) mass is 716 g/mol. The summed E-state index contributed by atoms with van der Waals surface area (Å²) in [5.41, 5.74) is -0.721. The summed E-state index contributed by atoms with van der Waals surface area (Å²) in [5.74, 6) is -9.24. The molecule has 0 atom stereocenters. The Kier molecular flexibility index (Phi) is 28.5. The van der Waals surface area contributed by atoms with Crippen molar-refractivity contribution in [2.75, 3.05) is 13.1 Å². The van der Waals surface area contributed by atoms with E-state index in [4.69, 9.17) is 0 Å². The molecule has 1 aliphatic heterocycles. The molecule has 1 aliphatic rings. The molecule has 1 saturated heterocycles. The van der Waals surface area contributed by atoms with Crippen molar-refractivity contribution >= 4 is 11.8 Å². The molecule has 0 saturated carbocycles. The van der Waals surface area contributed by atoms with Crippen molar-refractivity contribution in [2.45, 2.75) is 226 Å². The maximum atomic E-state index is 13.4. The Morgan fingerprint density at radius 2 is 0.620 bits per heavy atom. The van der Waals surface area contributed by atoms with Crippen molar-refractivity contribution in [2.24, 2.45) is 0 Å². The van der Waals surface area contributed by atoms with Gasteiger partial charge >= 0.3 is 0 Å². The topological polar surface area (TPSA) is 4.44 Å². The van der Waals surface area contributed by atoms with Crippen LogP contribution in [0.4, 0.5) is 27.6 Å². The quantitative estimate of drug-likeness (QED) is 0.0277. The fourth-order valence-electron chi connectivity index (χ4n) is 8.44. The maximum Gasteiger partial charge on any atom is 0.225 e. The van der Waals surface area contributed by atoms with E-state index >= 15 is 0 Å². The number of hydrogen-bond acceptors (Lipinski definition) is 0. The SMILES string of the molecule is CCCCCCCC[B-](CCCCCCCC)(CCCCCCCC)CCCCCCCC.Fc1c(F)c(F)c([NH+]2CCCCC2)c(F)c1F. The molecule has 7 heteroatoms. The Morgan fingerprint density at radius 1 is 0.360 bits per heavy atom. The first-order chi connectivity index (χ1) is 24.3. The molecular weight excluding hydrogens is 636 g/mol. The zero-order chi connectivity index (χ0) is 36.9. The Bertz CT molecular complexity index is 853. The highest BCUT2D eigenvalue weighted by atomic mass is 19.2. The van der Waals surface area contributed by atoms with Crippen LogP contribution >= 0.6 is 0 Å². The summed E-state index contributed by atoms with van der Waals surface area (Å²) < 4.78 is 65.7. The first-order valence-corrected chi connectivity index (χ1v) is 21.9. The highest BCUT2D eigenvalue weighted by Crippen LogP contribution is 2.35. The van der Waals surface area contributed by atoms with Gasteiger partial charge in [-0.05, 0) is 19.3 Å². The first-order valence-electron chi connectivity index (χ1n) is 21.9. The molecule has 1 aromatic rings. The van der Waals surface area contributed by atoms with Crippen LogP contribution in [0.25, 0.3) is 0 Å². The minimum atomic E-state index is -2.10. The van der Waals surface area contributed by atoms with Gasteiger partial charge in [0, 0.05) is 6.15 Å². The van der Waals surface area contributed by atoms with Crippen LogP contribution < -0.4 is 4.90 Å². The molecule has 1 N–H and O–H groups in total. The second kappa shape index (κ2) is 30.4. The van der Waals surface area contributed by atoms with Crippen LogP contribution in [0.2, 0.25) is 25.3 Å². The van der Waals surface area contributed by atoms with E-state index in [0.29, 0.717) is 18.0 Å². The maximum absolute atomic E-state index is 13.4. The van der Waals surface area contributed by atoms with Crippen molar-refractivity contribution < 1.29 is 26.9 Å². The van der Waals surface area contributed by atoms with E-state index in [-0.39, 0.29) is 6.15 Å². The lowest BCUT2D eigenvalue weighted by molar-refractivity contribution is -0.840. The second-order valence-electron chi connectivity index (χ2n) is 16.1. The lowest BCUT2D eigenvalue weighted by Crippen LogP contribution is -3.08. The fourth-order valence-corrected chi connectivity index (χ4v) is 8.44. The molecule has 1 nitrogen and oxygen atoms in total. The molecule has 1 aromatic carbocycles.